The average molecular weight is 241 g/mol. The minimum absolute atomic E-state index is 0.0781. The van der Waals surface area contributed by atoms with Crippen molar-refractivity contribution in [1.82, 2.24) is 4.90 Å². The highest BCUT2D eigenvalue weighted by atomic mass is 16.5. The van der Waals surface area contributed by atoms with Crippen LogP contribution in [-0.4, -0.2) is 45.2 Å². The maximum absolute atomic E-state index is 11.5. The number of carbonyl (C=O) groups is 2. The third-order valence-electron chi connectivity index (χ3n) is 2.20. The van der Waals surface area contributed by atoms with Crippen molar-refractivity contribution in [2.45, 2.75) is 13.8 Å². The topological polar surface area (TPSA) is 55.8 Å². The summed E-state index contributed by atoms with van der Waals surface area (Å²) in [5.41, 5.74) is 1.25. The van der Waals surface area contributed by atoms with Crippen LogP contribution in [0.15, 0.2) is 22.9 Å². The first-order chi connectivity index (χ1) is 7.84. The lowest BCUT2D eigenvalue weighted by atomic mass is 10.0. The highest BCUT2D eigenvalue weighted by Gasteiger charge is 2.23. The Balaban J connectivity index is 5.54. The van der Waals surface area contributed by atoms with Gasteiger partial charge < -0.3 is 14.4 Å². The number of rotatable bonds is 4. The van der Waals surface area contributed by atoms with Crippen molar-refractivity contribution < 1.29 is 19.1 Å². The van der Waals surface area contributed by atoms with E-state index in [0.717, 1.165) is 5.57 Å². The van der Waals surface area contributed by atoms with E-state index in [1.165, 1.54) is 14.2 Å². The van der Waals surface area contributed by atoms with E-state index in [-0.39, 0.29) is 5.57 Å². The smallest absolute Gasteiger partial charge is 0.345 e. The molecule has 0 saturated heterocycles. The zero-order valence-corrected chi connectivity index (χ0v) is 11.2. The second kappa shape index (κ2) is 6.73. The van der Waals surface area contributed by atoms with Gasteiger partial charge in [0.25, 0.3) is 0 Å². The Morgan fingerprint density at radius 2 is 1.41 bits per heavy atom. The molecule has 5 nitrogen and oxygen atoms in total. The van der Waals surface area contributed by atoms with Gasteiger partial charge in [-0.3, -0.25) is 0 Å². The first-order valence-electron chi connectivity index (χ1n) is 5.07. The Morgan fingerprint density at radius 1 is 1.00 bits per heavy atom. The first kappa shape index (κ1) is 15.2. The number of ether oxygens (including phenoxy) is 2. The molecule has 17 heavy (non-hydrogen) atoms. The Morgan fingerprint density at radius 3 is 1.71 bits per heavy atom. The molecule has 0 heterocycles. The predicted molar refractivity (Wildman–Crippen MR) is 64.2 cm³/mol. The van der Waals surface area contributed by atoms with Crippen LogP contribution in [0.25, 0.3) is 0 Å². The highest BCUT2D eigenvalue weighted by molar-refractivity contribution is 6.15. The highest BCUT2D eigenvalue weighted by Crippen LogP contribution is 2.16. The normalized spacial score (nSPS) is 10.6. The second-order valence-corrected chi connectivity index (χ2v) is 3.76. The Bertz CT molecular complexity index is 349. The van der Waals surface area contributed by atoms with Crippen molar-refractivity contribution in [3.63, 3.8) is 0 Å². The molecule has 0 bridgehead atoms. The summed E-state index contributed by atoms with van der Waals surface area (Å²) in [7, 11) is 6.16. The lowest BCUT2D eigenvalue weighted by molar-refractivity contribution is -0.144. The molecule has 0 unspecified atom stereocenters. The van der Waals surface area contributed by atoms with E-state index in [1.807, 2.05) is 19.0 Å². The van der Waals surface area contributed by atoms with Crippen molar-refractivity contribution in [1.29, 1.82) is 0 Å². The van der Waals surface area contributed by atoms with Gasteiger partial charge in [-0.25, -0.2) is 9.59 Å². The molecule has 0 fully saturated rings. The van der Waals surface area contributed by atoms with E-state index >= 15 is 0 Å². The van der Waals surface area contributed by atoms with E-state index in [2.05, 4.69) is 9.47 Å². The standard InChI is InChI=1S/C12H19NO4/c1-8(7-13(3)4)9(2)10(11(14)16-5)12(15)17-6/h7H,1-6H3. The lowest BCUT2D eigenvalue weighted by Crippen LogP contribution is -2.18. The molecule has 0 rings (SSSR count). The van der Waals surface area contributed by atoms with Gasteiger partial charge in [0.05, 0.1) is 14.2 Å². The van der Waals surface area contributed by atoms with Crippen LogP contribution in [0.3, 0.4) is 0 Å². The average Bonchev–Trinajstić information content (AvgIpc) is 2.27. The van der Waals surface area contributed by atoms with Gasteiger partial charge in [-0.05, 0) is 25.0 Å². The van der Waals surface area contributed by atoms with Crippen LogP contribution in [-0.2, 0) is 19.1 Å². The zero-order chi connectivity index (χ0) is 13.6. The molecule has 0 aliphatic carbocycles. The molecule has 0 aromatic rings. The van der Waals surface area contributed by atoms with Gasteiger partial charge in [-0.2, -0.15) is 0 Å². The molecule has 0 radical (unpaired) electrons. The van der Waals surface area contributed by atoms with Crippen molar-refractivity contribution in [3.8, 4) is 0 Å². The summed E-state index contributed by atoms with van der Waals surface area (Å²) in [6, 6.07) is 0. The molecule has 0 atom stereocenters. The number of hydrogen-bond donors (Lipinski definition) is 0. The van der Waals surface area contributed by atoms with E-state index in [1.54, 1.807) is 20.0 Å². The van der Waals surface area contributed by atoms with Crippen LogP contribution in [0.2, 0.25) is 0 Å². The zero-order valence-electron chi connectivity index (χ0n) is 11.2. The SMILES string of the molecule is COC(=O)C(C(=O)OC)=C(C)C(C)=CN(C)C. The van der Waals surface area contributed by atoms with Crippen LogP contribution in [0, 0.1) is 0 Å². The number of allylic oxidation sites excluding steroid dienone is 2. The monoisotopic (exact) mass is 241 g/mol. The minimum atomic E-state index is -0.694. The molecule has 96 valence electrons. The summed E-state index contributed by atoms with van der Waals surface area (Å²) >= 11 is 0. The molecule has 0 aliphatic heterocycles. The number of nitrogens with zero attached hydrogens (tertiary/aromatic N) is 1. The van der Waals surface area contributed by atoms with Crippen molar-refractivity contribution >= 4 is 11.9 Å². The molecule has 0 N–H and O–H groups in total. The lowest BCUT2D eigenvalue weighted by Gasteiger charge is -2.12. The second-order valence-electron chi connectivity index (χ2n) is 3.76. The van der Waals surface area contributed by atoms with Crippen molar-refractivity contribution in [2.24, 2.45) is 0 Å². The van der Waals surface area contributed by atoms with E-state index < -0.39 is 11.9 Å². The number of esters is 2. The summed E-state index contributed by atoms with van der Waals surface area (Å²) in [6.45, 7) is 3.49. The molecule has 0 saturated carbocycles. The number of hydrogen-bond acceptors (Lipinski definition) is 5. The quantitative estimate of drug-likeness (QED) is 0.243. The Labute approximate surface area is 102 Å². The van der Waals surface area contributed by atoms with E-state index in [9.17, 15) is 9.59 Å². The maximum atomic E-state index is 11.5. The van der Waals surface area contributed by atoms with Crippen molar-refractivity contribution in [2.75, 3.05) is 28.3 Å². The van der Waals surface area contributed by atoms with Gasteiger partial charge in [0.2, 0.25) is 0 Å². The van der Waals surface area contributed by atoms with Gasteiger partial charge in [0.1, 0.15) is 5.57 Å². The number of carbonyl (C=O) groups excluding carboxylic acids is 2. The van der Waals surface area contributed by atoms with Gasteiger partial charge in [0, 0.05) is 20.3 Å². The molecule has 5 heteroatoms. The fraction of sp³-hybridized carbons (Fsp3) is 0.500. The third kappa shape index (κ3) is 4.30. The molecule has 0 aliphatic rings. The summed E-state index contributed by atoms with van der Waals surface area (Å²) in [5, 5.41) is 0. The fourth-order valence-corrected chi connectivity index (χ4v) is 1.27. The molecular weight excluding hydrogens is 222 g/mol. The maximum Gasteiger partial charge on any atom is 0.345 e. The summed E-state index contributed by atoms with van der Waals surface area (Å²) in [5.74, 6) is -1.39. The largest absolute Gasteiger partial charge is 0.465 e. The first-order valence-corrected chi connectivity index (χ1v) is 5.07. The van der Waals surface area contributed by atoms with Gasteiger partial charge in [-0.1, -0.05) is 0 Å². The summed E-state index contributed by atoms with van der Waals surface area (Å²) < 4.78 is 9.15. The minimum Gasteiger partial charge on any atom is -0.465 e. The summed E-state index contributed by atoms with van der Waals surface area (Å²) in [4.78, 5) is 24.9. The van der Waals surface area contributed by atoms with Crippen LogP contribution in [0.5, 0.6) is 0 Å². The molecule has 0 spiro atoms. The molecule has 0 amide bonds. The summed E-state index contributed by atoms with van der Waals surface area (Å²) in [6.07, 6.45) is 1.81. The predicted octanol–water partition coefficient (Wildman–Crippen LogP) is 1.11. The molecular formula is C12H19NO4. The Hall–Kier alpha value is -1.78. The van der Waals surface area contributed by atoms with Crippen LogP contribution in [0.4, 0.5) is 0 Å². The Kier molecular flexibility index (Phi) is 6.02. The van der Waals surface area contributed by atoms with E-state index in [0.29, 0.717) is 5.57 Å². The van der Waals surface area contributed by atoms with E-state index in [4.69, 9.17) is 0 Å². The van der Waals surface area contributed by atoms with Crippen LogP contribution >= 0.6 is 0 Å². The number of methoxy groups -OCH3 is 2. The van der Waals surface area contributed by atoms with Gasteiger partial charge in [-0.15, -0.1) is 0 Å². The fourth-order valence-electron chi connectivity index (χ4n) is 1.27. The molecule has 0 aromatic heterocycles. The van der Waals surface area contributed by atoms with Crippen LogP contribution in [0.1, 0.15) is 13.8 Å². The molecule has 0 aromatic carbocycles. The van der Waals surface area contributed by atoms with Gasteiger partial charge in [0.15, 0.2) is 0 Å². The van der Waals surface area contributed by atoms with Crippen molar-refractivity contribution in [3.05, 3.63) is 22.9 Å². The van der Waals surface area contributed by atoms with Crippen LogP contribution < -0.4 is 0 Å². The third-order valence-corrected chi connectivity index (χ3v) is 2.20. The van der Waals surface area contributed by atoms with Gasteiger partial charge >= 0.3 is 11.9 Å².